The van der Waals surface area contributed by atoms with E-state index in [1.807, 2.05) is 35.3 Å². The van der Waals surface area contributed by atoms with Crippen LogP contribution in [0.3, 0.4) is 0 Å². The second kappa shape index (κ2) is 8.62. The average Bonchev–Trinajstić information content (AvgIpc) is 3.14. The monoisotopic (exact) mass is 326 g/mol. The molecule has 1 fully saturated rings. The lowest BCUT2D eigenvalue weighted by molar-refractivity contribution is -0.135. The summed E-state index contributed by atoms with van der Waals surface area (Å²) < 4.78 is 1.89. The Morgan fingerprint density at radius 2 is 2.17 bits per heavy atom. The van der Waals surface area contributed by atoms with Gasteiger partial charge in [-0.15, -0.1) is 0 Å². The van der Waals surface area contributed by atoms with E-state index in [1.165, 1.54) is 6.42 Å². The van der Waals surface area contributed by atoms with Crippen LogP contribution in [0.25, 0.3) is 0 Å². The Morgan fingerprint density at radius 3 is 2.96 bits per heavy atom. The lowest BCUT2D eigenvalue weighted by Crippen LogP contribution is -2.44. The van der Waals surface area contributed by atoms with Crippen LogP contribution in [0.5, 0.6) is 0 Å². The van der Waals surface area contributed by atoms with Gasteiger partial charge >= 0.3 is 0 Å². The molecule has 1 amide bonds. The Kier molecular flexibility index (Phi) is 5.99. The highest BCUT2D eigenvalue weighted by molar-refractivity contribution is 5.76. The summed E-state index contributed by atoms with van der Waals surface area (Å²) in [5.74, 6) is 0.299. The predicted octanol–water partition coefficient (Wildman–Crippen LogP) is 3.07. The number of nitrogens with zero attached hydrogens (tertiary/aromatic N) is 4. The van der Waals surface area contributed by atoms with Crippen molar-refractivity contribution in [1.29, 1.82) is 0 Å². The zero-order valence-corrected chi connectivity index (χ0v) is 14.2. The number of amides is 1. The van der Waals surface area contributed by atoms with Crippen molar-refractivity contribution in [3.63, 3.8) is 0 Å². The molecule has 0 spiro atoms. The fourth-order valence-corrected chi connectivity index (χ4v) is 3.46. The number of aryl methyl sites for hydroxylation is 2. The lowest BCUT2D eigenvalue weighted by atomic mass is 9.96. The van der Waals surface area contributed by atoms with Gasteiger partial charge in [0.15, 0.2) is 0 Å². The molecule has 0 radical (unpaired) electrons. The zero-order valence-electron chi connectivity index (χ0n) is 14.2. The normalized spacial score (nSPS) is 17.8. The molecule has 3 rings (SSSR count). The molecule has 1 aliphatic heterocycles. The summed E-state index contributed by atoms with van der Waals surface area (Å²) in [6, 6.07) is 8.33. The van der Waals surface area contributed by atoms with Gasteiger partial charge < -0.3 is 4.90 Å². The summed E-state index contributed by atoms with van der Waals surface area (Å²) >= 11 is 0. The Bertz CT molecular complexity index is 612. The molecule has 0 unspecified atom stereocenters. The molecule has 128 valence electrons. The van der Waals surface area contributed by atoms with Gasteiger partial charge in [0.2, 0.25) is 5.91 Å². The minimum atomic E-state index is 0.299. The first-order chi connectivity index (χ1) is 11.8. The number of carbonyl (C=O) groups excluding carboxylic acids is 1. The van der Waals surface area contributed by atoms with Gasteiger partial charge in [0.1, 0.15) is 0 Å². The molecule has 0 N–H and O–H groups in total. The number of hydrogen-bond acceptors (Lipinski definition) is 3. The molecule has 24 heavy (non-hydrogen) atoms. The fraction of sp³-hybridized carbons (Fsp3) is 0.526. The molecule has 0 aliphatic carbocycles. The van der Waals surface area contributed by atoms with Gasteiger partial charge in [-0.2, -0.15) is 5.10 Å². The van der Waals surface area contributed by atoms with E-state index in [1.54, 1.807) is 6.20 Å². The molecule has 2 aromatic heterocycles. The van der Waals surface area contributed by atoms with E-state index >= 15 is 0 Å². The fourth-order valence-electron chi connectivity index (χ4n) is 3.46. The molecule has 0 aromatic carbocycles. The third kappa shape index (κ3) is 4.66. The van der Waals surface area contributed by atoms with Gasteiger partial charge in [-0.1, -0.05) is 6.07 Å². The second-order valence-electron chi connectivity index (χ2n) is 6.47. The van der Waals surface area contributed by atoms with E-state index in [9.17, 15) is 4.79 Å². The van der Waals surface area contributed by atoms with Crippen LogP contribution in [0.2, 0.25) is 0 Å². The van der Waals surface area contributed by atoms with Crippen LogP contribution in [-0.2, 0) is 17.8 Å². The van der Waals surface area contributed by atoms with Gasteiger partial charge in [0.25, 0.3) is 0 Å². The van der Waals surface area contributed by atoms with Crippen LogP contribution in [-0.4, -0.2) is 38.2 Å². The number of likely N-dealkylation sites (tertiary alicyclic amines) is 1. The predicted molar refractivity (Wildman–Crippen MR) is 93.4 cm³/mol. The van der Waals surface area contributed by atoms with E-state index in [0.29, 0.717) is 18.4 Å². The first kappa shape index (κ1) is 16.7. The molecule has 3 heterocycles. The largest absolute Gasteiger partial charge is 0.340 e. The van der Waals surface area contributed by atoms with Crippen LogP contribution < -0.4 is 0 Å². The molecule has 0 bridgehead atoms. The number of pyridine rings is 1. The number of hydrogen-bond donors (Lipinski definition) is 0. The smallest absolute Gasteiger partial charge is 0.222 e. The van der Waals surface area contributed by atoms with E-state index < -0.39 is 0 Å². The molecule has 5 nitrogen and oxygen atoms in total. The van der Waals surface area contributed by atoms with E-state index in [2.05, 4.69) is 21.0 Å². The van der Waals surface area contributed by atoms with Gasteiger partial charge in [0.05, 0.1) is 0 Å². The number of carbonyl (C=O) groups is 1. The summed E-state index contributed by atoms with van der Waals surface area (Å²) in [4.78, 5) is 19.1. The first-order valence-electron chi connectivity index (χ1n) is 9.00. The van der Waals surface area contributed by atoms with Crippen molar-refractivity contribution in [3.05, 3.63) is 48.5 Å². The Balaban J connectivity index is 1.48. The van der Waals surface area contributed by atoms with Crippen LogP contribution in [0.4, 0.5) is 0 Å². The van der Waals surface area contributed by atoms with Crippen molar-refractivity contribution >= 4 is 5.91 Å². The quantitative estimate of drug-likeness (QED) is 0.786. The molecule has 0 saturated carbocycles. The molecule has 5 heteroatoms. The minimum Gasteiger partial charge on any atom is -0.340 e. The van der Waals surface area contributed by atoms with Crippen molar-refractivity contribution in [1.82, 2.24) is 19.7 Å². The SMILES string of the molecule is O=C(CCCn1cccn1)N1CCCC[C@H]1CCc1ccccn1. The van der Waals surface area contributed by atoms with Gasteiger partial charge in [0, 0.05) is 49.8 Å². The summed E-state index contributed by atoms with van der Waals surface area (Å²) in [5.41, 5.74) is 1.12. The highest BCUT2D eigenvalue weighted by Crippen LogP contribution is 2.22. The standard InChI is InChI=1S/C19H26N4O/c24-19(9-5-14-22-15-6-13-21-22)23-16-4-2-8-18(23)11-10-17-7-1-3-12-20-17/h1,3,6-7,12-13,15,18H,2,4-5,8-11,14,16H2/t18-/m0/s1. The zero-order chi connectivity index (χ0) is 16.6. The minimum absolute atomic E-state index is 0.299. The molecule has 1 aliphatic rings. The van der Waals surface area contributed by atoms with Crippen molar-refractivity contribution in [2.24, 2.45) is 0 Å². The van der Waals surface area contributed by atoms with Gasteiger partial charge in [-0.25, -0.2) is 0 Å². The average molecular weight is 326 g/mol. The Labute approximate surface area is 143 Å². The summed E-state index contributed by atoms with van der Waals surface area (Å²) in [7, 11) is 0. The van der Waals surface area contributed by atoms with Crippen LogP contribution in [0.1, 0.15) is 44.2 Å². The maximum absolute atomic E-state index is 12.6. The second-order valence-corrected chi connectivity index (χ2v) is 6.47. The van der Waals surface area contributed by atoms with Gasteiger partial charge in [-0.05, 0) is 56.7 Å². The third-order valence-corrected chi connectivity index (χ3v) is 4.74. The van der Waals surface area contributed by atoms with Crippen LogP contribution >= 0.6 is 0 Å². The molecule has 2 aromatic rings. The van der Waals surface area contributed by atoms with Crippen molar-refractivity contribution in [2.75, 3.05) is 6.54 Å². The third-order valence-electron chi connectivity index (χ3n) is 4.74. The Hall–Kier alpha value is -2.17. The van der Waals surface area contributed by atoms with Gasteiger partial charge in [-0.3, -0.25) is 14.5 Å². The van der Waals surface area contributed by atoms with Crippen molar-refractivity contribution < 1.29 is 4.79 Å². The number of aromatic nitrogens is 3. The van der Waals surface area contributed by atoms with E-state index in [-0.39, 0.29) is 0 Å². The first-order valence-corrected chi connectivity index (χ1v) is 9.00. The van der Waals surface area contributed by atoms with Crippen LogP contribution in [0, 0.1) is 0 Å². The summed E-state index contributed by atoms with van der Waals surface area (Å²) in [6.45, 7) is 1.72. The molecular formula is C19H26N4O. The summed E-state index contributed by atoms with van der Waals surface area (Å²) in [5, 5.41) is 4.19. The summed E-state index contributed by atoms with van der Waals surface area (Å²) in [6.07, 6.45) is 12.5. The van der Waals surface area contributed by atoms with E-state index in [4.69, 9.17) is 0 Å². The topological polar surface area (TPSA) is 51.0 Å². The molecule has 1 saturated heterocycles. The van der Waals surface area contributed by atoms with Crippen molar-refractivity contribution in [2.45, 2.75) is 57.5 Å². The van der Waals surface area contributed by atoms with E-state index in [0.717, 1.165) is 50.9 Å². The molecular weight excluding hydrogens is 300 g/mol. The maximum atomic E-state index is 12.6. The number of piperidine rings is 1. The van der Waals surface area contributed by atoms with Crippen LogP contribution in [0.15, 0.2) is 42.9 Å². The van der Waals surface area contributed by atoms with Crippen molar-refractivity contribution in [3.8, 4) is 0 Å². The molecule has 1 atom stereocenters. The Morgan fingerprint density at radius 1 is 1.21 bits per heavy atom. The highest BCUT2D eigenvalue weighted by atomic mass is 16.2. The lowest BCUT2D eigenvalue weighted by Gasteiger charge is -2.36. The maximum Gasteiger partial charge on any atom is 0.222 e. The number of rotatable bonds is 7. The highest BCUT2D eigenvalue weighted by Gasteiger charge is 2.26.